The summed E-state index contributed by atoms with van der Waals surface area (Å²) < 4.78 is 16.9. The van der Waals surface area contributed by atoms with E-state index < -0.39 is 9.03 Å². The normalized spacial score (nSPS) is 10.6. The van der Waals surface area contributed by atoms with Gasteiger partial charge in [-0.15, -0.1) is 0 Å². The van der Waals surface area contributed by atoms with Crippen LogP contribution in [0.2, 0.25) is 0 Å². The van der Waals surface area contributed by atoms with Crippen LogP contribution in [0.3, 0.4) is 0 Å². The average molecular weight is 160 g/mol. The lowest BCUT2D eigenvalue weighted by Gasteiger charge is -1.98. The van der Waals surface area contributed by atoms with E-state index in [0.717, 1.165) is 0 Å². The average Bonchev–Trinajstić information content (AvgIpc) is 1.95. The standard InChI is InChI=1S/C6H6FO2P/c7-5-1-3-6(4-2-5)9-10-8/h1-4,8,10H. The van der Waals surface area contributed by atoms with E-state index in [4.69, 9.17) is 4.89 Å². The molecule has 0 aliphatic carbocycles. The molecular formula is C6H6FO2P. The molecule has 0 amide bonds. The van der Waals surface area contributed by atoms with Crippen molar-refractivity contribution in [3.8, 4) is 5.75 Å². The summed E-state index contributed by atoms with van der Waals surface area (Å²) in [6, 6.07) is 5.46. The van der Waals surface area contributed by atoms with Crippen molar-refractivity contribution in [2.75, 3.05) is 0 Å². The fraction of sp³-hybridized carbons (Fsp3) is 0. The Morgan fingerprint density at radius 1 is 1.30 bits per heavy atom. The molecule has 0 bridgehead atoms. The number of benzene rings is 1. The van der Waals surface area contributed by atoms with Crippen molar-refractivity contribution in [1.29, 1.82) is 0 Å². The Bertz CT molecular complexity index is 199. The first-order chi connectivity index (χ1) is 4.83. The van der Waals surface area contributed by atoms with E-state index in [1.54, 1.807) is 0 Å². The van der Waals surface area contributed by atoms with Crippen LogP contribution in [0.25, 0.3) is 0 Å². The Labute approximate surface area is 59.6 Å². The summed E-state index contributed by atoms with van der Waals surface area (Å²) in [7, 11) is -0.590. The van der Waals surface area contributed by atoms with Crippen molar-refractivity contribution in [2.24, 2.45) is 0 Å². The molecule has 0 heterocycles. The second kappa shape index (κ2) is 3.49. The molecule has 1 aromatic carbocycles. The zero-order chi connectivity index (χ0) is 7.40. The molecule has 0 saturated carbocycles. The van der Waals surface area contributed by atoms with Gasteiger partial charge in [0.2, 0.25) is 9.03 Å². The highest BCUT2D eigenvalue weighted by atomic mass is 31.1. The predicted octanol–water partition coefficient (Wildman–Crippen LogP) is 1.71. The molecule has 0 spiro atoms. The highest BCUT2D eigenvalue weighted by molar-refractivity contribution is 7.25. The fourth-order valence-electron chi connectivity index (χ4n) is 0.555. The minimum atomic E-state index is -0.590. The topological polar surface area (TPSA) is 29.5 Å². The highest BCUT2D eigenvalue weighted by Gasteiger charge is 1.91. The van der Waals surface area contributed by atoms with Gasteiger partial charge in [-0.1, -0.05) is 0 Å². The van der Waals surface area contributed by atoms with Crippen LogP contribution >= 0.6 is 9.03 Å². The Hall–Kier alpha value is -0.660. The van der Waals surface area contributed by atoms with Gasteiger partial charge in [-0.25, -0.2) is 4.39 Å². The molecule has 1 atom stereocenters. The first-order valence-electron chi connectivity index (χ1n) is 2.64. The molecule has 2 nitrogen and oxygen atoms in total. The monoisotopic (exact) mass is 160 g/mol. The lowest BCUT2D eigenvalue weighted by molar-refractivity contribution is 0.512. The van der Waals surface area contributed by atoms with E-state index in [9.17, 15) is 4.39 Å². The van der Waals surface area contributed by atoms with Gasteiger partial charge in [-0.05, 0) is 24.3 Å². The van der Waals surface area contributed by atoms with Gasteiger partial charge in [0.25, 0.3) is 0 Å². The first-order valence-corrected chi connectivity index (χ1v) is 3.50. The molecule has 1 unspecified atom stereocenters. The smallest absolute Gasteiger partial charge is 0.212 e. The summed E-state index contributed by atoms with van der Waals surface area (Å²) in [5.74, 6) is 0.163. The maximum Gasteiger partial charge on any atom is 0.212 e. The van der Waals surface area contributed by atoms with Crippen LogP contribution in [0.15, 0.2) is 24.3 Å². The molecule has 10 heavy (non-hydrogen) atoms. The van der Waals surface area contributed by atoms with Crippen molar-refractivity contribution < 1.29 is 13.8 Å². The molecule has 0 fully saturated rings. The number of hydrogen-bond donors (Lipinski definition) is 1. The second-order valence-corrected chi connectivity index (χ2v) is 2.03. The molecule has 4 heteroatoms. The Morgan fingerprint density at radius 2 is 1.90 bits per heavy atom. The molecule has 0 saturated heterocycles. The fourth-order valence-corrected chi connectivity index (χ4v) is 0.797. The van der Waals surface area contributed by atoms with Gasteiger partial charge in [0, 0.05) is 0 Å². The SMILES string of the molecule is OPOc1ccc(F)cc1. The van der Waals surface area contributed by atoms with Gasteiger partial charge >= 0.3 is 0 Å². The third-order valence-corrected chi connectivity index (χ3v) is 1.30. The lowest BCUT2D eigenvalue weighted by Crippen LogP contribution is -1.77. The molecular weight excluding hydrogens is 154 g/mol. The summed E-state index contributed by atoms with van der Waals surface area (Å²) in [5.41, 5.74) is 0. The van der Waals surface area contributed by atoms with Gasteiger partial charge in [0.05, 0.1) is 0 Å². The molecule has 0 aliphatic heterocycles. The Kier molecular flexibility index (Phi) is 2.60. The predicted molar refractivity (Wildman–Crippen MR) is 37.6 cm³/mol. The van der Waals surface area contributed by atoms with Gasteiger partial charge in [-0.2, -0.15) is 0 Å². The number of rotatable bonds is 2. The molecule has 54 valence electrons. The summed E-state index contributed by atoms with van der Waals surface area (Å²) in [4.78, 5) is 8.30. The minimum Gasteiger partial charge on any atom is -0.450 e. The van der Waals surface area contributed by atoms with Gasteiger partial charge in [0.1, 0.15) is 11.6 Å². The van der Waals surface area contributed by atoms with Crippen LogP contribution in [0, 0.1) is 5.82 Å². The third kappa shape index (κ3) is 1.94. The van der Waals surface area contributed by atoms with Crippen LogP contribution in [0.5, 0.6) is 5.75 Å². The second-order valence-electron chi connectivity index (χ2n) is 1.65. The number of halogens is 1. The van der Waals surface area contributed by atoms with Crippen molar-refractivity contribution in [1.82, 2.24) is 0 Å². The van der Waals surface area contributed by atoms with Crippen LogP contribution in [0.4, 0.5) is 4.39 Å². The van der Waals surface area contributed by atoms with Gasteiger partial charge in [-0.3, -0.25) is 0 Å². The maximum atomic E-state index is 12.2. The molecule has 0 radical (unpaired) electrons. The van der Waals surface area contributed by atoms with Gasteiger partial charge in [0.15, 0.2) is 0 Å². The zero-order valence-corrected chi connectivity index (χ0v) is 6.04. The molecule has 0 aliphatic rings. The summed E-state index contributed by atoms with van der Waals surface area (Å²) in [6.45, 7) is 0. The van der Waals surface area contributed by atoms with Crippen LogP contribution in [0.1, 0.15) is 0 Å². The van der Waals surface area contributed by atoms with Crippen molar-refractivity contribution in [3.63, 3.8) is 0 Å². The largest absolute Gasteiger partial charge is 0.450 e. The molecule has 1 aromatic rings. The lowest BCUT2D eigenvalue weighted by atomic mass is 10.3. The number of hydrogen-bond acceptors (Lipinski definition) is 2. The molecule has 1 rings (SSSR count). The van der Waals surface area contributed by atoms with E-state index in [0.29, 0.717) is 5.75 Å². The van der Waals surface area contributed by atoms with Crippen LogP contribution in [-0.2, 0) is 0 Å². The first kappa shape index (κ1) is 7.45. The summed E-state index contributed by atoms with van der Waals surface area (Å²) in [6.07, 6.45) is 0. The summed E-state index contributed by atoms with van der Waals surface area (Å²) >= 11 is 0. The van der Waals surface area contributed by atoms with E-state index in [1.807, 2.05) is 0 Å². The van der Waals surface area contributed by atoms with Crippen LogP contribution in [-0.4, -0.2) is 4.89 Å². The third-order valence-electron chi connectivity index (χ3n) is 0.977. The van der Waals surface area contributed by atoms with Crippen molar-refractivity contribution in [2.45, 2.75) is 0 Å². The van der Waals surface area contributed by atoms with E-state index in [2.05, 4.69) is 4.52 Å². The zero-order valence-electron chi connectivity index (χ0n) is 5.04. The highest BCUT2D eigenvalue weighted by Crippen LogP contribution is 2.17. The van der Waals surface area contributed by atoms with E-state index in [1.165, 1.54) is 24.3 Å². The Morgan fingerprint density at radius 3 is 2.40 bits per heavy atom. The molecule has 0 aromatic heterocycles. The van der Waals surface area contributed by atoms with Crippen molar-refractivity contribution >= 4 is 9.03 Å². The van der Waals surface area contributed by atoms with Gasteiger partial charge < -0.3 is 9.42 Å². The van der Waals surface area contributed by atoms with E-state index >= 15 is 0 Å². The Balaban J connectivity index is 2.69. The van der Waals surface area contributed by atoms with Crippen LogP contribution < -0.4 is 4.52 Å². The van der Waals surface area contributed by atoms with E-state index in [-0.39, 0.29) is 5.82 Å². The maximum absolute atomic E-state index is 12.2. The molecule has 1 N–H and O–H groups in total. The minimum absolute atomic E-state index is 0.311. The van der Waals surface area contributed by atoms with Crippen molar-refractivity contribution in [3.05, 3.63) is 30.1 Å². The summed E-state index contributed by atoms with van der Waals surface area (Å²) in [5, 5.41) is 0. The quantitative estimate of drug-likeness (QED) is 0.667.